The van der Waals surface area contributed by atoms with Crippen molar-refractivity contribution in [1.29, 1.82) is 0 Å². The molecule has 0 bridgehead atoms. The number of benzene rings is 3. The Hall–Kier alpha value is -3.83. The summed E-state index contributed by atoms with van der Waals surface area (Å²) in [5.74, 6) is 0.780. The Morgan fingerprint density at radius 2 is 1.75 bits per heavy atom. The molecule has 0 aliphatic rings. The van der Waals surface area contributed by atoms with E-state index in [4.69, 9.17) is 22.1 Å². The van der Waals surface area contributed by atoms with E-state index in [2.05, 4.69) is 33.7 Å². The maximum Gasteiger partial charge on any atom is 0.130 e. The molecular formula is C26H23ClN4O. The molecule has 3 aromatic carbocycles. The third-order valence-electron chi connectivity index (χ3n) is 4.91. The number of ether oxygens (including phenoxy) is 1. The number of pyridine rings is 1. The Balaban J connectivity index is 1.48. The summed E-state index contributed by atoms with van der Waals surface area (Å²) in [5.41, 5.74) is 13.3. The van der Waals surface area contributed by atoms with Crippen LogP contribution in [0, 0.1) is 0 Å². The second kappa shape index (κ2) is 10.5. The van der Waals surface area contributed by atoms with E-state index >= 15 is 0 Å². The van der Waals surface area contributed by atoms with Crippen LogP contribution in [0.15, 0.2) is 90.0 Å². The lowest BCUT2D eigenvalue weighted by atomic mass is 10.0. The normalized spacial score (nSPS) is 11.7. The van der Waals surface area contributed by atoms with Gasteiger partial charge < -0.3 is 15.9 Å². The first-order valence-electron chi connectivity index (χ1n) is 10.2. The number of nitrogens with zero attached hydrogens (tertiary/aromatic N) is 2. The largest absolute Gasteiger partial charge is 0.487 e. The Kier molecular flexibility index (Phi) is 7.00. The van der Waals surface area contributed by atoms with Crippen molar-refractivity contribution in [1.82, 2.24) is 10.4 Å². The zero-order valence-corrected chi connectivity index (χ0v) is 18.2. The third kappa shape index (κ3) is 5.65. The van der Waals surface area contributed by atoms with Crippen molar-refractivity contribution in [3.8, 4) is 5.75 Å². The van der Waals surface area contributed by atoms with Crippen LogP contribution in [0.4, 0.5) is 0 Å². The van der Waals surface area contributed by atoms with Crippen molar-refractivity contribution >= 4 is 40.5 Å². The number of hydrogen-bond acceptors (Lipinski definition) is 4. The summed E-state index contributed by atoms with van der Waals surface area (Å²) in [7, 11) is 0. The Morgan fingerprint density at radius 3 is 2.53 bits per heavy atom. The molecule has 0 amide bonds. The van der Waals surface area contributed by atoms with Crippen LogP contribution in [0.25, 0.3) is 22.6 Å². The van der Waals surface area contributed by atoms with Gasteiger partial charge in [-0.15, -0.1) is 0 Å². The number of fused-ring (bicyclic) bond motifs is 1. The molecule has 0 saturated carbocycles. The van der Waals surface area contributed by atoms with Gasteiger partial charge in [-0.1, -0.05) is 60.1 Å². The third-order valence-corrected chi connectivity index (χ3v) is 5.17. The lowest BCUT2D eigenvalue weighted by Crippen LogP contribution is -2.11. The Morgan fingerprint density at radius 1 is 0.969 bits per heavy atom. The highest BCUT2D eigenvalue weighted by atomic mass is 35.5. The average Bonchev–Trinajstić information content (AvgIpc) is 2.84. The smallest absolute Gasteiger partial charge is 0.130 e. The summed E-state index contributed by atoms with van der Waals surface area (Å²) in [6.45, 7) is 0.933. The molecule has 0 saturated heterocycles. The summed E-state index contributed by atoms with van der Waals surface area (Å²) in [5, 5.41) is 5.73. The van der Waals surface area contributed by atoms with Crippen molar-refractivity contribution in [2.75, 3.05) is 6.54 Å². The van der Waals surface area contributed by atoms with Gasteiger partial charge >= 0.3 is 0 Å². The lowest BCUT2D eigenvalue weighted by Gasteiger charge is -2.11. The zero-order chi connectivity index (χ0) is 22.2. The van der Waals surface area contributed by atoms with Crippen molar-refractivity contribution < 1.29 is 4.74 Å². The predicted octanol–water partition coefficient (Wildman–Crippen LogP) is 5.50. The molecule has 1 heterocycles. The van der Waals surface area contributed by atoms with Gasteiger partial charge in [0.1, 0.15) is 18.7 Å². The maximum absolute atomic E-state index is 6.00. The summed E-state index contributed by atoms with van der Waals surface area (Å²) < 4.78 is 5.95. The summed E-state index contributed by atoms with van der Waals surface area (Å²) in [4.78, 5) is 4.66. The number of nitrogens with two attached hydrogens (primary N) is 1. The highest BCUT2D eigenvalue weighted by molar-refractivity contribution is 6.30. The highest BCUT2D eigenvalue weighted by Crippen LogP contribution is 2.23. The fourth-order valence-electron chi connectivity index (χ4n) is 3.29. The molecule has 0 fully saturated rings. The van der Waals surface area contributed by atoms with Crippen LogP contribution in [0.1, 0.15) is 16.8 Å². The van der Waals surface area contributed by atoms with Crippen LogP contribution in [0.3, 0.4) is 0 Å². The molecule has 4 rings (SSSR count). The predicted molar refractivity (Wildman–Crippen MR) is 133 cm³/mol. The standard InChI is InChI=1S/C26H23ClN4O/c27-23-10-5-19(6-11-23)15-22(16-29-30-18-28)20-8-13-25(14-9-20)32-17-24-12-7-21-3-1-2-4-26(21)31-24/h1-15,18,29H,16-17H2,(H2,28,30)/b22-15-. The molecule has 0 aliphatic heterocycles. The molecule has 0 radical (unpaired) electrons. The van der Waals surface area contributed by atoms with Gasteiger partial charge in [-0.05, 0) is 59.2 Å². The number of para-hydroxylation sites is 1. The fraction of sp³-hybridized carbons (Fsp3) is 0.0769. The van der Waals surface area contributed by atoms with Gasteiger partial charge in [0.2, 0.25) is 0 Å². The molecule has 0 unspecified atom stereocenters. The second-order valence-corrected chi connectivity index (χ2v) is 7.58. The first-order chi connectivity index (χ1) is 15.7. The maximum atomic E-state index is 6.00. The van der Waals surface area contributed by atoms with E-state index in [0.29, 0.717) is 18.2 Å². The minimum atomic E-state index is 0.407. The molecule has 5 nitrogen and oxygen atoms in total. The van der Waals surface area contributed by atoms with Crippen LogP contribution in [0.5, 0.6) is 5.75 Å². The van der Waals surface area contributed by atoms with Crippen LogP contribution in [-0.4, -0.2) is 17.9 Å². The molecule has 0 aliphatic carbocycles. The van der Waals surface area contributed by atoms with Crippen molar-refractivity contribution in [3.63, 3.8) is 0 Å². The highest BCUT2D eigenvalue weighted by Gasteiger charge is 2.05. The van der Waals surface area contributed by atoms with Gasteiger partial charge in [-0.3, -0.25) is 0 Å². The summed E-state index contributed by atoms with van der Waals surface area (Å²) in [6, 6.07) is 27.8. The first kappa shape index (κ1) is 21.4. The van der Waals surface area contributed by atoms with Crippen molar-refractivity contribution in [2.45, 2.75) is 6.61 Å². The number of halogens is 1. The van der Waals surface area contributed by atoms with Crippen molar-refractivity contribution in [2.24, 2.45) is 10.8 Å². The topological polar surface area (TPSA) is 72.5 Å². The molecule has 3 N–H and O–H groups in total. The minimum Gasteiger partial charge on any atom is -0.487 e. The quantitative estimate of drug-likeness (QED) is 0.163. The van der Waals surface area contributed by atoms with Crippen LogP contribution >= 0.6 is 11.6 Å². The molecule has 0 atom stereocenters. The Labute approximate surface area is 192 Å². The summed E-state index contributed by atoms with van der Waals surface area (Å²) in [6.07, 6.45) is 3.32. The van der Waals surface area contributed by atoms with Gasteiger partial charge in [0, 0.05) is 10.4 Å². The molecule has 6 heteroatoms. The molecule has 0 spiro atoms. The first-order valence-corrected chi connectivity index (χ1v) is 10.6. The van der Waals surface area contributed by atoms with Crippen molar-refractivity contribution in [3.05, 3.63) is 107 Å². The number of hydrazone groups is 1. The van der Waals surface area contributed by atoms with Gasteiger partial charge in [0.15, 0.2) is 0 Å². The van der Waals surface area contributed by atoms with E-state index in [1.807, 2.05) is 72.8 Å². The number of rotatable bonds is 8. The minimum absolute atomic E-state index is 0.407. The van der Waals surface area contributed by atoms with E-state index in [-0.39, 0.29) is 0 Å². The number of nitrogens with one attached hydrogen (secondary N) is 1. The monoisotopic (exact) mass is 442 g/mol. The van der Waals surface area contributed by atoms with Gasteiger partial charge in [-0.2, -0.15) is 5.10 Å². The van der Waals surface area contributed by atoms with E-state index in [1.54, 1.807) is 0 Å². The second-order valence-electron chi connectivity index (χ2n) is 7.14. The fourth-order valence-corrected chi connectivity index (χ4v) is 3.42. The van der Waals surface area contributed by atoms with Gasteiger partial charge in [-0.25, -0.2) is 4.98 Å². The zero-order valence-electron chi connectivity index (χ0n) is 17.4. The molecule has 160 valence electrons. The van der Waals surface area contributed by atoms with E-state index in [9.17, 15) is 0 Å². The van der Waals surface area contributed by atoms with E-state index in [0.717, 1.165) is 39.0 Å². The van der Waals surface area contributed by atoms with Crippen LogP contribution < -0.4 is 15.9 Å². The SMILES string of the molecule is N/C=N\NC/C(=C/c1ccc(Cl)cc1)c1ccc(OCc2ccc3ccccc3n2)cc1. The Bertz CT molecular complexity index is 1230. The average molecular weight is 443 g/mol. The molecular weight excluding hydrogens is 420 g/mol. The number of hydrogen-bond donors (Lipinski definition) is 2. The van der Waals surface area contributed by atoms with E-state index in [1.165, 1.54) is 6.34 Å². The molecule has 4 aromatic rings. The van der Waals surface area contributed by atoms with Crippen LogP contribution in [0.2, 0.25) is 5.02 Å². The van der Waals surface area contributed by atoms with Gasteiger partial charge in [0.05, 0.1) is 17.8 Å². The number of aromatic nitrogens is 1. The van der Waals surface area contributed by atoms with Crippen LogP contribution in [-0.2, 0) is 6.61 Å². The summed E-state index contributed by atoms with van der Waals surface area (Å²) >= 11 is 6.00. The van der Waals surface area contributed by atoms with E-state index < -0.39 is 0 Å². The van der Waals surface area contributed by atoms with Gasteiger partial charge in [0.25, 0.3) is 0 Å². The molecule has 1 aromatic heterocycles. The lowest BCUT2D eigenvalue weighted by molar-refractivity contribution is 0.302. The molecule has 32 heavy (non-hydrogen) atoms.